The number of carbonyl (C=O) groups excluding carboxylic acids is 1. The zero-order valence-electron chi connectivity index (χ0n) is 14.8. The van der Waals surface area contributed by atoms with E-state index in [0.29, 0.717) is 11.7 Å². The Bertz CT molecular complexity index is 633. The molecule has 25 heavy (non-hydrogen) atoms. The van der Waals surface area contributed by atoms with Crippen LogP contribution >= 0.6 is 0 Å². The van der Waals surface area contributed by atoms with Crippen molar-refractivity contribution in [1.29, 1.82) is 0 Å². The van der Waals surface area contributed by atoms with Crippen molar-refractivity contribution in [3.05, 3.63) is 23.4 Å². The molecule has 1 aromatic heterocycles. The summed E-state index contributed by atoms with van der Waals surface area (Å²) in [7, 11) is 0. The smallest absolute Gasteiger partial charge is 0.320 e. The molecule has 1 heterocycles. The van der Waals surface area contributed by atoms with Gasteiger partial charge in [-0.05, 0) is 63.1 Å². The first-order valence-electron chi connectivity index (χ1n) is 8.87. The molecule has 0 spiro atoms. The van der Waals surface area contributed by atoms with E-state index in [1.165, 1.54) is 12.8 Å². The number of hydrogen-bond acceptors (Lipinski definition) is 4. The van der Waals surface area contributed by atoms with Gasteiger partial charge in [-0.1, -0.05) is 0 Å². The summed E-state index contributed by atoms with van der Waals surface area (Å²) in [6.07, 6.45) is 4.01. The van der Waals surface area contributed by atoms with Crippen molar-refractivity contribution in [3.63, 3.8) is 0 Å². The van der Waals surface area contributed by atoms with Crippen LogP contribution in [-0.4, -0.2) is 52.2 Å². The number of anilines is 1. The number of amides is 2. The molecule has 2 fully saturated rings. The monoisotopic (exact) mass is 346 g/mol. The van der Waals surface area contributed by atoms with Crippen molar-refractivity contribution < 1.29 is 14.7 Å². The van der Waals surface area contributed by atoms with E-state index < -0.39 is 5.97 Å². The zero-order chi connectivity index (χ0) is 18.0. The molecule has 0 saturated heterocycles. The van der Waals surface area contributed by atoms with Crippen molar-refractivity contribution >= 4 is 17.8 Å². The summed E-state index contributed by atoms with van der Waals surface area (Å²) in [5.41, 5.74) is 1.92. The van der Waals surface area contributed by atoms with Crippen LogP contribution in [0, 0.1) is 19.8 Å². The maximum atomic E-state index is 12.1. The molecule has 2 aliphatic rings. The Morgan fingerprint density at radius 2 is 2.00 bits per heavy atom. The molecule has 0 aromatic carbocycles. The van der Waals surface area contributed by atoms with E-state index in [0.717, 1.165) is 30.6 Å². The minimum atomic E-state index is -0.782. The number of carboxylic acid groups (broad SMARTS) is 1. The zero-order valence-corrected chi connectivity index (χ0v) is 14.8. The first kappa shape index (κ1) is 17.7. The number of nitrogens with one attached hydrogen (secondary N) is 2. The lowest BCUT2D eigenvalue weighted by Gasteiger charge is -2.42. The Morgan fingerprint density at radius 1 is 1.28 bits per heavy atom. The van der Waals surface area contributed by atoms with Gasteiger partial charge in [0, 0.05) is 24.3 Å². The fraction of sp³-hybridized carbons (Fsp3) is 0.611. The molecule has 2 amide bonds. The quantitative estimate of drug-likeness (QED) is 0.703. The minimum absolute atomic E-state index is 0.0893. The number of nitrogens with zero attached hydrogens (tertiary/aromatic N) is 2. The second kappa shape index (κ2) is 7.39. The number of aryl methyl sites for hydroxylation is 2. The summed E-state index contributed by atoms with van der Waals surface area (Å²) < 4.78 is 0. The highest BCUT2D eigenvalue weighted by Crippen LogP contribution is 2.33. The Labute approximate surface area is 147 Å². The highest BCUT2D eigenvalue weighted by Gasteiger charge is 2.37. The van der Waals surface area contributed by atoms with Crippen LogP contribution in [-0.2, 0) is 4.79 Å². The van der Waals surface area contributed by atoms with Crippen molar-refractivity contribution in [2.45, 2.75) is 51.6 Å². The van der Waals surface area contributed by atoms with Gasteiger partial charge in [-0.25, -0.2) is 9.78 Å². The molecule has 0 radical (unpaired) electrons. The number of pyridine rings is 1. The second-order valence-corrected chi connectivity index (χ2v) is 7.36. The van der Waals surface area contributed by atoms with Crippen molar-refractivity contribution in [3.8, 4) is 0 Å². The molecule has 0 atom stereocenters. The lowest BCUT2D eigenvalue weighted by atomic mass is 9.85. The van der Waals surface area contributed by atoms with Crippen LogP contribution in [0.1, 0.15) is 36.9 Å². The van der Waals surface area contributed by atoms with Gasteiger partial charge in [-0.15, -0.1) is 0 Å². The number of carbonyl (C=O) groups is 2. The molecule has 0 unspecified atom stereocenters. The Kier molecular flexibility index (Phi) is 5.22. The van der Waals surface area contributed by atoms with Crippen LogP contribution in [0.25, 0.3) is 0 Å². The van der Waals surface area contributed by atoms with Crippen LogP contribution in [0.4, 0.5) is 10.6 Å². The summed E-state index contributed by atoms with van der Waals surface area (Å²) in [5, 5.41) is 14.8. The maximum Gasteiger partial charge on any atom is 0.320 e. The van der Waals surface area contributed by atoms with Gasteiger partial charge in [-0.3, -0.25) is 15.0 Å². The largest absolute Gasteiger partial charge is 0.480 e. The molecule has 2 aliphatic carbocycles. The average Bonchev–Trinajstić information content (AvgIpc) is 3.24. The molecule has 7 heteroatoms. The Hall–Kier alpha value is -2.15. The van der Waals surface area contributed by atoms with E-state index in [4.69, 9.17) is 5.11 Å². The lowest BCUT2D eigenvalue weighted by molar-refractivity contribution is -0.139. The van der Waals surface area contributed by atoms with E-state index in [9.17, 15) is 9.59 Å². The van der Waals surface area contributed by atoms with Gasteiger partial charge in [0.05, 0.1) is 6.54 Å². The number of rotatable bonds is 7. The van der Waals surface area contributed by atoms with E-state index in [2.05, 4.69) is 20.5 Å². The number of urea groups is 1. The van der Waals surface area contributed by atoms with Crippen molar-refractivity contribution in [1.82, 2.24) is 15.2 Å². The van der Waals surface area contributed by atoms with Gasteiger partial charge >= 0.3 is 12.0 Å². The van der Waals surface area contributed by atoms with E-state index in [1.807, 2.05) is 26.0 Å². The van der Waals surface area contributed by atoms with Gasteiger partial charge in [0.1, 0.15) is 5.82 Å². The van der Waals surface area contributed by atoms with Crippen LogP contribution in [0.15, 0.2) is 12.1 Å². The van der Waals surface area contributed by atoms with Crippen LogP contribution in [0.3, 0.4) is 0 Å². The molecule has 0 bridgehead atoms. The molecule has 3 N–H and O–H groups in total. The van der Waals surface area contributed by atoms with Gasteiger partial charge in [0.2, 0.25) is 0 Å². The number of hydrogen-bond donors (Lipinski definition) is 3. The fourth-order valence-corrected chi connectivity index (χ4v) is 3.40. The van der Waals surface area contributed by atoms with Crippen LogP contribution < -0.4 is 10.6 Å². The Morgan fingerprint density at radius 3 is 2.60 bits per heavy atom. The van der Waals surface area contributed by atoms with Gasteiger partial charge < -0.3 is 10.4 Å². The lowest BCUT2D eigenvalue weighted by Crippen LogP contribution is -2.55. The van der Waals surface area contributed by atoms with Gasteiger partial charge in [0.25, 0.3) is 0 Å². The number of aliphatic carboxylic acids is 1. The molecule has 136 valence electrons. The van der Waals surface area contributed by atoms with Crippen LogP contribution in [0.5, 0.6) is 0 Å². The van der Waals surface area contributed by atoms with E-state index in [1.54, 1.807) is 0 Å². The minimum Gasteiger partial charge on any atom is -0.480 e. The van der Waals surface area contributed by atoms with Crippen molar-refractivity contribution in [2.75, 3.05) is 18.4 Å². The highest BCUT2D eigenvalue weighted by molar-refractivity contribution is 5.88. The average molecular weight is 346 g/mol. The third-order valence-electron chi connectivity index (χ3n) is 4.83. The predicted molar refractivity (Wildman–Crippen MR) is 94.6 cm³/mol. The van der Waals surface area contributed by atoms with Crippen molar-refractivity contribution in [2.24, 2.45) is 5.92 Å². The summed E-state index contributed by atoms with van der Waals surface area (Å²) in [5.74, 6) is 0.424. The third-order valence-corrected chi connectivity index (χ3v) is 4.83. The molecule has 2 saturated carbocycles. The fourth-order valence-electron chi connectivity index (χ4n) is 3.40. The first-order chi connectivity index (χ1) is 11.9. The highest BCUT2D eigenvalue weighted by atomic mass is 16.4. The molecule has 7 nitrogen and oxygen atoms in total. The SMILES string of the molecule is Cc1cc(C)nc(NC(=O)NC2CC(N(CC(=O)O)CC3CC3)C2)c1. The molecular formula is C18H26N4O3. The third kappa shape index (κ3) is 5.16. The summed E-state index contributed by atoms with van der Waals surface area (Å²) in [6.45, 7) is 4.81. The molecule has 1 aromatic rings. The summed E-state index contributed by atoms with van der Waals surface area (Å²) in [6, 6.07) is 3.87. The number of carboxylic acids is 1. The molecule has 0 aliphatic heterocycles. The Balaban J connectivity index is 1.45. The molecular weight excluding hydrogens is 320 g/mol. The number of aromatic nitrogens is 1. The van der Waals surface area contributed by atoms with Gasteiger partial charge in [-0.2, -0.15) is 0 Å². The standard InChI is InChI=1S/C18H26N4O3/c1-11-5-12(2)19-16(6-11)21-18(25)20-14-7-15(8-14)22(10-17(23)24)9-13-3-4-13/h5-6,13-15H,3-4,7-10H2,1-2H3,(H,23,24)(H2,19,20,21,25). The first-order valence-corrected chi connectivity index (χ1v) is 8.87. The van der Waals surface area contributed by atoms with E-state index in [-0.39, 0.29) is 24.7 Å². The maximum absolute atomic E-state index is 12.1. The second-order valence-electron chi connectivity index (χ2n) is 7.36. The van der Waals surface area contributed by atoms with Crippen LogP contribution in [0.2, 0.25) is 0 Å². The molecule has 3 rings (SSSR count). The summed E-state index contributed by atoms with van der Waals surface area (Å²) >= 11 is 0. The normalized spacial score (nSPS) is 22.4. The summed E-state index contributed by atoms with van der Waals surface area (Å²) in [4.78, 5) is 29.5. The van der Waals surface area contributed by atoms with E-state index >= 15 is 0 Å². The van der Waals surface area contributed by atoms with Gasteiger partial charge in [0.15, 0.2) is 0 Å². The topological polar surface area (TPSA) is 94.6 Å². The predicted octanol–water partition coefficient (Wildman–Crippen LogP) is 2.15.